The Morgan fingerprint density at radius 3 is 2.59 bits per heavy atom. The van der Waals surface area contributed by atoms with E-state index in [1.807, 2.05) is 30.3 Å². The third kappa shape index (κ3) is 4.19. The Kier molecular flexibility index (Phi) is 5.19. The van der Waals surface area contributed by atoms with Crippen molar-refractivity contribution in [2.45, 2.75) is 6.61 Å². The Morgan fingerprint density at radius 2 is 1.89 bits per heavy atom. The second kappa shape index (κ2) is 7.91. The molecule has 4 rings (SSSR count). The van der Waals surface area contributed by atoms with E-state index in [1.54, 1.807) is 16.9 Å². The van der Waals surface area contributed by atoms with Gasteiger partial charge in [0.15, 0.2) is 0 Å². The molecule has 3 heterocycles. The number of aliphatic hydroxyl groups excluding tert-OH is 1. The van der Waals surface area contributed by atoms with Gasteiger partial charge in [0.05, 0.1) is 25.5 Å². The summed E-state index contributed by atoms with van der Waals surface area (Å²) >= 11 is 5.96. The van der Waals surface area contributed by atoms with Gasteiger partial charge in [0.2, 0.25) is 0 Å². The van der Waals surface area contributed by atoms with Crippen molar-refractivity contribution < 1.29 is 9.84 Å². The van der Waals surface area contributed by atoms with Crippen LogP contribution in [-0.2, 0) is 11.3 Å². The van der Waals surface area contributed by atoms with Crippen molar-refractivity contribution in [3.05, 3.63) is 53.3 Å². The van der Waals surface area contributed by atoms with Crippen molar-refractivity contribution in [1.29, 1.82) is 0 Å². The number of ether oxygens (including phenoxy) is 1. The maximum Gasteiger partial charge on any atom is 0.254 e. The first-order chi connectivity index (χ1) is 13.2. The maximum atomic E-state index is 9.27. The van der Waals surface area contributed by atoms with Crippen LogP contribution in [0.1, 0.15) is 5.69 Å². The lowest BCUT2D eigenvalue weighted by molar-refractivity contribution is 0.122. The molecule has 0 radical (unpaired) electrons. The number of anilines is 3. The number of hydrogen-bond donors (Lipinski definition) is 2. The topological polar surface area (TPSA) is 88.3 Å². The van der Waals surface area contributed by atoms with Crippen LogP contribution in [0.3, 0.4) is 0 Å². The Morgan fingerprint density at radius 1 is 1.11 bits per heavy atom. The molecule has 0 spiro atoms. The van der Waals surface area contributed by atoms with Gasteiger partial charge in [0.1, 0.15) is 11.6 Å². The highest BCUT2D eigenvalue weighted by molar-refractivity contribution is 6.30. The molecule has 9 heteroatoms. The van der Waals surface area contributed by atoms with Gasteiger partial charge in [-0.15, -0.1) is 0 Å². The van der Waals surface area contributed by atoms with E-state index in [-0.39, 0.29) is 6.61 Å². The van der Waals surface area contributed by atoms with E-state index in [2.05, 4.69) is 25.3 Å². The lowest BCUT2D eigenvalue weighted by Gasteiger charge is -2.28. The van der Waals surface area contributed by atoms with Gasteiger partial charge in [-0.2, -0.15) is 15.1 Å². The predicted molar refractivity (Wildman–Crippen MR) is 103 cm³/mol. The smallest absolute Gasteiger partial charge is 0.254 e. The lowest BCUT2D eigenvalue weighted by Crippen LogP contribution is -2.37. The molecule has 140 valence electrons. The molecule has 3 aromatic rings. The quantitative estimate of drug-likeness (QED) is 0.696. The van der Waals surface area contributed by atoms with Crippen LogP contribution < -0.4 is 10.2 Å². The first kappa shape index (κ1) is 17.7. The molecule has 1 fully saturated rings. The first-order valence-electron chi connectivity index (χ1n) is 8.61. The number of rotatable bonds is 5. The van der Waals surface area contributed by atoms with Crippen molar-refractivity contribution in [2.75, 3.05) is 36.5 Å². The Hall–Kier alpha value is -2.68. The molecule has 0 bridgehead atoms. The second-order valence-corrected chi connectivity index (χ2v) is 6.49. The summed E-state index contributed by atoms with van der Waals surface area (Å²) in [6.07, 6.45) is 1.73. The molecule has 0 saturated carbocycles. The van der Waals surface area contributed by atoms with Gasteiger partial charge in [-0.05, 0) is 30.3 Å². The van der Waals surface area contributed by atoms with Crippen LogP contribution in [0.2, 0.25) is 5.02 Å². The van der Waals surface area contributed by atoms with Crippen LogP contribution in [0.15, 0.2) is 42.6 Å². The molecule has 1 aliphatic rings. The van der Waals surface area contributed by atoms with E-state index >= 15 is 0 Å². The van der Waals surface area contributed by atoms with Crippen LogP contribution in [0, 0.1) is 0 Å². The minimum atomic E-state index is -0.133. The summed E-state index contributed by atoms with van der Waals surface area (Å²) in [5, 5.41) is 17.5. The fourth-order valence-corrected chi connectivity index (χ4v) is 2.91. The van der Waals surface area contributed by atoms with E-state index in [4.69, 9.17) is 16.3 Å². The highest BCUT2D eigenvalue weighted by atomic mass is 35.5. The number of morpholine rings is 1. The SMILES string of the molecule is OCc1ccn(-c2nc(Nc3ccc(Cl)cc3)cc(N3CCOCC3)n2)n1. The second-order valence-electron chi connectivity index (χ2n) is 6.05. The Balaban J connectivity index is 1.69. The molecule has 1 aromatic carbocycles. The number of benzene rings is 1. The normalized spacial score (nSPS) is 14.4. The summed E-state index contributed by atoms with van der Waals surface area (Å²) < 4.78 is 6.99. The van der Waals surface area contributed by atoms with Crippen molar-refractivity contribution in [1.82, 2.24) is 19.7 Å². The van der Waals surface area contributed by atoms with Crippen molar-refractivity contribution in [2.24, 2.45) is 0 Å². The average molecular weight is 387 g/mol. The molecular weight excluding hydrogens is 368 g/mol. The Bertz CT molecular complexity index is 908. The van der Waals surface area contributed by atoms with Gasteiger partial charge in [0.25, 0.3) is 5.95 Å². The summed E-state index contributed by atoms with van der Waals surface area (Å²) in [4.78, 5) is 11.4. The van der Waals surface area contributed by atoms with Crippen molar-refractivity contribution in [3.8, 4) is 5.95 Å². The molecule has 2 N–H and O–H groups in total. The highest BCUT2D eigenvalue weighted by Crippen LogP contribution is 2.23. The third-order valence-electron chi connectivity index (χ3n) is 4.16. The van der Waals surface area contributed by atoms with Crippen molar-refractivity contribution >= 4 is 28.9 Å². The van der Waals surface area contributed by atoms with E-state index in [0.717, 1.165) is 24.6 Å². The van der Waals surface area contributed by atoms with Crippen LogP contribution in [0.5, 0.6) is 0 Å². The number of aromatic nitrogens is 4. The average Bonchev–Trinajstić information content (AvgIpc) is 3.20. The van der Waals surface area contributed by atoms with Gasteiger partial charge in [-0.1, -0.05) is 11.6 Å². The Labute approximate surface area is 161 Å². The molecule has 8 nitrogen and oxygen atoms in total. The molecule has 0 amide bonds. The highest BCUT2D eigenvalue weighted by Gasteiger charge is 2.16. The summed E-state index contributed by atoms with van der Waals surface area (Å²) in [5.41, 5.74) is 1.43. The first-order valence-corrected chi connectivity index (χ1v) is 8.99. The zero-order valence-corrected chi connectivity index (χ0v) is 15.3. The zero-order valence-electron chi connectivity index (χ0n) is 14.5. The van der Waals surface area contributed by atoms with Crippen LogP contribution in [0.4, 0.5) is 17.3 Å². The fraction of sp³-hybridized carbons (Fsp3) is 0.278. The van der Waals surface area contributed by atoms with Gasteiger partial charge in [-0.3, -0.25) is 0 Å². The molecular formula is C18H19ClN6O2. The van der Waals surface area contributed by atoms with Gasteiger partial charge < -0.3 is 20.1 Å². The molecule has 0 atom stereocenters. The summed E-state index contributed by atoms with van der Waals surface area (Å²) in [6.45, 7) is 2.72. The minimum Gasteiger partial charge on any atom is -0.390 e. The van der Waals surface area contributed by atoms with Gasteiger partial charge in [0, 0.05) is 36.1 Å². The fourth-order valence-electron chi connectivity index (χ4n) is 2.78. The van der Waals surface area contributed by atoms with E-state index in [1.165, 1.54) is 0 Å². The molecule has 1 aliphatic heterocycles. The number of hydrogen-bond acceptors (Lipinski definition) is 7. The standard InChI is InChI=1S/C18H19ClN6O2/c19-13-1-3-14(4-2-13)20-16-11-17(24-7-9-27-10-8-24)22-18(21-16)25-6-5-15(12-26)23-25/h1-6,11,26H,7-10,12H2,(H,20,21,22). The van der Waals surface area contributed by atoms with E-state index in [9.17, 15) is 5.11 Å². The van der Waals surface area contributed by atoms with Gasteiger partial charge >= 0.3 is 0 Å². The number of aliphatic hydroxyl groups is 1. The molecule has 1 saturated heterocycles. The summed E-state index contributed by atoms with van der Waals surface area (Å²) in [7, 11) is 0. The molecule has 0 aliphatic carbocycles. The van der Waals surface area contributed by atoms with Crippen LogP contribution in [0.25, 0.3) is 5.95 Å². The largest absolute Gasteiger partial charge is 0.390 e. The number of halogens is 1. The maximum absolute atomic E-state index is 9.27. The van der Waals surface area contributed by atoms with E-state index in [0.29, 0.717) is 35.7 Å². The van der Waals surface area contributed by atoms with E-state index < -0.39 is 0 Å². The van der Waals surface area contributed by atoms with Crippen LogP contribution in [-0.4, -0.2) is 51.2 Å². The monoisotopic (exact) mass is 386 g/mol. The van der Waals surface area contributed by atoms with Crippen molar-refractivity contribution in [3.63, 3.8) is 0 Å². The zero-order chi connectivity index (χ0) is 18.6. The number of nitrogens with one attached hydrogen (secondary N) is 1. The van der Waals surface area contributed by atoms with Crippen LogP contribution >= 0.6 is 11.6 Å². The third-order valence-corrected chi connectivity index (χ3v) is 4.42. The molecule has 27 heavy (non-hydrogen) atoms. The molecule has 2 aromatic heterocycles. The molecule has 0 unspecified atom stereocenters. The summed E-state index contributed by atoms with van der Waals surface area (Å²) in [5.74, 6) is 1.86. The number of nitrogens with zero attached hydrogens (tertiary/aromatic N) is 5. The predicted octanol–water partition coefficient (Wildman–Crippen LogP) is 2.39. The summed E-state index contributed by atoms with van der Waals surface area (Å²) in [6, 6.07) is 11.0. The minimum absolute atomic E-state index is 0.133. The lowest BCUT2D eigenvalue weighted by atomic mass is 10.3. The van der Waals surface area contributed by atoms with Gasteiger partial charge in [-0.25, -0.2) is 4.68 Å².